The van der Waals surface area contributed by atoms with Crippen molar-refractivity contribution in [2.24, 2.45) is 0 Å². The van der Waals surface area contributed by atoms with Crippen LogP contribution < -0.4 is 4.74 Å². The van der Waals surface area contributed by atoms with E-state index in [0.29, 0.717) is 29.5 Å². The molecule has 0 N–H and O–H groups in total. The molecule has 0 spiro atoms. The minimum Gasteiger partial charge on any atom is -0.497 e. The van der Waals surface area contributed by atoms with Crippen molar-refractivity contribution < 1.29 is 18.3 Å². The van der Waals surface area contributed by atoms with Gasteiger partial charge in [0.05, 0.1) is 24.5 Å². The molecule has 1 atom stereocenters. The molecule has 0 aliphatic carbocycles. The molecular formula is C18H23FN2O3. The number of piperidine rings is 1. The number of ether oxygens (including phenoxy) is 2. The fourth-order valence-electron chi connectivity index (χ4n) is 3.05. The molecule has 0 radical (unpaired) electrons. The van der Waals surface area contributed by atoms with Crippen molar-refractivity contribution in [1.29, 1.82) is 0 Å². The molecule has 130 valence electrons. The summed E-state index contributed by atoms with van der Waals surface area (Å²) in [5.41, 5.74) is 1.15. The summed E-state index contributed by atoms with van der Waals surface area (Å²) in [6, 6.07) is 4.54. The van der Waals surface area contributed by atoms with E-state index in [1.165, 1.54) is 6.07 Å². The molecule has 0 bridgehead atoms. The van der Waals surface area contributed by atoms with Crippen molar-refractivity contribution >= 4 is 0 Å². The van der Waals surface area contributed by atoms with Crippen LogP contribution in [0.15, 0.2) is 22.6 Å². The Kier molecular flexibility index (Phi) is 5.16. The second-order valence-electron chi connectivity index (χ2n) is 6.10. The fourth-order valence-corrected chi connectivity index (χ4v) is 3.05. The Balaban J connectivity index is 1.80. The van der Waals surface area contributed by atoms with E-state index in [9.17, 15) is 4.39 Å². The van der Waals surface area contributed by atoms with Gasteiger partial charge in [-0.25, -0.2) is 9.37 Å². The number of hydrogen-bond donors (Lipinski definition) is 0. The van der Waals surface area contributed by atoms with E-state index in [2.05, 4.69) is 9.88 Å². The normalized spacial score (nSPS) is 18.8. The number of aryl methyl sites for hydroxylation is 1. The van der Waals surface area contributed by atoms with Gasteiger partial charge in [0.15, 0.2) is 0 Å². The lowest BCUT2D eigenvalue weighted by atomic mass is 10.1. The summed E-state index contributed by atoms with van der Waals surface area (Å²) in [5, 5.41) is 0. The summed E-state index contributed by atoms with van der Waals surface area (Å²) in [4.78, 5) is 6.82. The maximum absolute atomic E-state index is 14.1. The van der Waals surface area contributed by atoms with Crippen LogP contribution >= 0.6 is 0 Å². The first-order valence-corrected chi connectivity index (χ1v) is 8.16. The quantitative estimate of drug-likeness (QED) is 0.838. The number of nitrogens with zero attached hydrogens (tertiary/aromatic N) is 2. The number of aromatic nitrogens is 1. The predicted molar refractivity (Wildman–Crippen MR) is 88.5 cm³/mol. The monoisotopic (exact) mass is 334 g/mol. The van der Waals surface area contributed by atoms with Gasteiger partial charge in [0.25, 0.3) is 0 Å². The molecule has 2 aromatic rings. The zero-order valence-corrected chi connectivity index (χ0v) is 14.3. The van der Waals surface area contributed by atoms with Crippen molar-refractivity contribution in [2.75, 3.05) is 27.3 Å². The molecule has 3 rings (SSSR count). The van der Waals surface area contributed by atoms with Gasteiger partial charge >= 0.3 is 0 Å². The summed E-state index contributed by atoms with van der Waals surface area (Å²) in [7, 11) is 3.30. The Morgan fingerprint density at radius 1 is 1.38 bits per heavy atom. The minimum atomic E-state index is -0.374. The van der Waals surface area contributed by atoms with E-state index in [-0.39, 0.29) is 11.9 Å². The zero-order valence-electron chi connectivity index (χ0n) is 14.3. The van der Waals surface area contributed by atoms with E-state index >= 15 is 0 Å². The summed E-state index contributed by atoms with van der Waals surface area (Å²) >= 11 is 0. The molecule has 0 saturated carbocycles. The Labute approximate surface area is 141 Å². The minimum absolute atomic E-state index is 0.265. The van der Waals surface area contributed by atoms with Crippen LogP contribution in [-0.2, 0) is 11.3 Å². The van der Waals surface area contributed by atoms with Crippen molar-refractivity contribution in [3.63, 3.8) is 0 Å². The molecule has 5 nitrogen and oxygen atoms in total. The van der Waals surface area contributed by atoms with Crippen LogP contribution in [0.1, 0.15) is 24.3 Å². The lowest BCUT2D eigenvalue weighted by Gasteiger charge is -2.31. The van der Waals surface area contributed by atoms with Crippen LogP contribution in [0.5, 0.6) is 5.75 Å². The van der Waals surface area contributed by atoms with Crippen LogP contribution in [0.25, 0.3) is 11.5 Å². The van der Waals surface area contributed by atoms with Gasteiger partial charge in [-0.15, -0.1) is 0 Å². The first-order valence-electron chi connectivity index (χ1n) is 8.16. The smallest absolute Gasteiger partial charge is 0.229 e. The summed E-state index contributed by atoms with van der Waals surface area (Å²) in [6.07, 6.45) is 2.46. The zero-order chi connectivity index (χ0) is 17.1. The van der Waals surface area contributed by atoms with E-state index in [0.717, 1.165) is 31.6 Å². The van der Waals surface area contributed by atoms with Crippen molar-refractivity contribution in [3.05, 3.63) is 35.5 Å². The SMILES string of the molecule is COc1ccc(F)c(-c2nc(CN3CCC[C@H](OC)C3)c(C)o2)c1. The highest BCUT2D eigenvalue weighted by molar-refractivity contribution is 5.57. The van der Waals surface area contributed by atoms with Crippen LogP contribution in [0.3, 0.4) is 0 Å². The highest BCUT2D eigenvalue weighted by atomic mass is 19.1. The summed E-state index contributed by atoms with van der Waals surface area (Å²) < 4.78 is 30.4. The number of rotatable bonds is 5. The Bertz CT molecular complexity index is 702. The van der Waals surface area contributed by atoms with Gasteiger partial charge in [-0.3, -0.25) is 4.90 Å². The van der Waals surface area contributed by atoms with Crippen LogP contribution in [0, 0.1) is 12.7 Å². The number of hydrogen-bond acceptors (Lipinski definition) is 5. The van der Waals surface area contributed by atoms with Gasteiger partial charge in [0, 0.05) is 20.2 Å². The van der Waals surface area contributed by atoms with Crippen molar-refractivity contribution in [3.8, 4) is 17.2 Å². The highest BCUT2D eigenvalue weighted by Gasteiger charge is 2.22. The average molecular weight is 334 g/mol. The number of methoxy groups -OCH3 is 2. The van der Waals surface area contributed by atoms with Crippen LogP contribution in [0.4, 0.5) is 4.39 Å². The van der Waals surface area contributed by atoms with E-state index in [1.807, 2.05) is 6.92 Å². The third-order valence-corrected chi connectivity index (χ3v) is 4.47. The average Bonchev–Trinajstić information content (AvgIpc) is 2.96. The second kappa shape index (κ2) is 7.32. The topological polar surface area (TPSA) is 47.7 Å². The molecular weight excluding hydrogens is 311 g/mol. The Morgan fingerprint density at radius 2 is 2.21 bits per heavy atom. The van der Waals surface area contributed by atoms with E-state index in [4.69, 9.17) is 13.9 Å². The predicted octanol–water partition coefficient (Wildman–Crippen LogP) is 3.41. The van der Waals surface area contributed by atoms with Gasteiger partial charge in [-0.2, -0.15) is 0 Å². The van der Waals surface area contributed by atoms with Crippen molar-refractivity contribution in [2.45, 2.75) is 32.4 Å². The van der Waals surface area contributed by atoms with Crippen LogP contribution in [0.2, 0.25) is 0 Å². The lowest BCUT2D eigenvalue weighted by molar-refractivity contribution is 0.0280. The molecule has 1 aromatic carbocycles. The lowest BCUT2D eigenvalue weighted by Crippen LogP contribution is -2.38. The number of halogens is 1. The second-order valence-corrected chi connectivity index (χ2v) is 6.10. The van der Waals surface area contributed by atoms with Crippen LogP contribution in [-0.4, -0.2) is 43.3 Å². The largest absolute Gasteiger partial charge is 0.497 e. The van der Waals surface area contributed by atoms with Crippen molar-refractivity contribution in [1.82, 2.24) is 9.88 Å². The molecule has 1 saturated heterocycles. The third-order valence-electron chi connectivity index (χ3n) is 4.47. The molecule has 1 aromatic heterocycles. The first kappa shape index (κ1) is 16.9. The molecule has 0 amide bonds. The number of benzene rings is 1. The van der Waals surface area contributed by atoms with Gasteiger partial charge in [0.2, 0.25) is 5.89 Å². The summed E-state index contributed by atoms with van der Waals surface area (Å²) in [5.74, 6) is 1.20. The number of oxazole rings is 1. The first-order chi connectivity index (χ1) is 11.6. The fraction of sp³-hybridized carbons (Fsp3) is 0.500. The molecule has 6 heteroatoms. The Hall–Kier alpha value is -1.92. The maximum atomic E-state index is 14.1. The Morgan fingerprint density at radius 3 is 2.96 bits per heavy atom. The third kappa shape index (κ3) is 3.60. The molecule has 24 heavy (non-hydrogen) atoms. The van der Waals surface area contributed by atoms with Gasteiger partial charge in [-0.1, -0.05) is 0 Å². The summed E-state index contributed by atoms with van der Waals surface area (Å²) in [6.45, 7) is 4.43. The van der Waals surface area contributed by atoms with E-state index in [1.54, 1.807) is 26.4 Å². The van der Waals surface area contributed by atoms with Gasteiger partial charge in [0.1, 0.15) is 17.3 Å². The molecule has 1 aliphatic rings. The highest BCUT2D eigenvalue weighted by Crippen LogP contribution is 2.28. The molecule has 2 heterocycles. The number of likely N-dealkylation sites (tertiary alicyclic amines) is 1. The van der Waals surface area contributed by atoms with Gasteiger partial charge in [-0.05, 0) is 44.5 Å². The standard InChI is InChI=1S/C18H23FN2O3/c1-12-17(11-21-8-4-5-14(10-21)23-3)20-18(24-12)15-9-13(22-2)6-7-16(15)19/h6-7,9,14H,4-5,8,10-11H2,1-3H3/t14-/m0/s1. The van der Waals surface area contributed by atoms with E-state index < -0.39 is 0 Å². The molecule has 1 aliphatic heterocycles. The molecule has 1 fully saturated rings. The maximum Gasteiger partial charge on any atom is 0.229 e. The molecule has 0 unspecified atom stereocenters. The van der Waals surface area contributed by atoms with Gasteiger partial charge < -0.3 is 13.9 Å².